The minimum Gasteiger partial charge on any atom is -0.322 e. The molecular weight excluding hydrogens is 657 g/mol. The first-order valence-electron chi connectivity index (χ1n) is 12.0. The predicted octanol–water partition coefficient (Wildman–Crippen LogP) is 11.7. The number of nitrogens with one attached hydrogen (secondary N) is 1. The first-order chi connectivity index (χ1) is 19.7. The third kappa shape index (κ3) is 10.3. The maximum absolute atomic E-state index is 11.7. The van der Waals surface area contributed by atoms with Crippen molar-refractivity contribution in [3.8, 4) is 43.4 Å². The van der Waals surface area contributed by atoms with E-state index in [2.05, 4.69) is 61.2 Å². The lowest BCUT2D eigenvalue weighted by Crippen LogP contribution is -2.05. The largest absolute Gasteiger partial charge is 0.339 e. The molecule has 4 nitrogen and oxygen atoms in total. The van der Waals surface area contributed by atoms with Crippen LogP contribution in [0, 0.1) is 0 Å². The van der Waals surface area contributed by atoms with E-state index in [1.807, 2.05) is 96.4 Å². The van der Waals surface area contributed by atoms with Gasteiger partial charge in [-0.15, -0.1) is 22.7 Å². The van der Waals surface area contributed by atoms with Crippen LogP contribution < -0.4 is 5.56 Å². The average molecular weight is 678 g/mol. The Balaban J connectivity index is 0.000000163. The van der Waals surface area contributed by atoms with Crippen molar-refractivity contribution in [3.05, 3.63) is 135 Å². The molecule has 0 amide bonds. The lowest BCUT2D eigenvalue weighted by molar-refractivity contribution is 0.600. The topological polar surface area (TPSA) is 62.8 Å². The normalized spacial score (nSPS) is 10.6. The Hall–Kier alpha value is -2.67. The summed E-state index contributed by atoms with van der Waals surface area (Å²) in [5, 5.41) is 1.38. The summed E-state index contributed by atoms with van der Waals surface area (Å²) in [7, 11) is 0. The Morgan fingerprint density at radius 1 is 0.634 bits per heavy atom. The highest BCUT2D eigenvalue weighted by Gasteiger charge is 2.07. The van der Waals surface area contributed by atoms with Gasteiger partial charge in [0.25, 0.3) is 0 Å². The van der Waals surface area contributed by atoms with E-state index in [4.69, 9.17) is 11.6 Å². The summed E-state index contributed by atoms with van der Waals surface area (Å²) < 4.78 is 9.51. The van der Waals surface area contributed by atoms with Gasteiger partial charge in [0.2, 0.25) is 5.56 Å². The van der Waals surface area contributed by atoms with Crippen LogP contribution in [0.3, 0.4) is 0 Å². The molecular formula is C30H21Cl4N2O2PS2. The number of rotatable bonds is 4. The van der Waals surface area contributed by atoms with Gasteiger partial charge in [-0.3, -0.25) is 9.36 Å². The zero-order valence-electron chi connectivity index (χ0n) is 21.1. The second-order valence-corrected chi connectivity index (χ2v) is 17.2. The van der Waals surface area contributed by atoms with Gasteiger partial charge in [-0.1, -0.05) is 84.4 Å². The quantitative estimate of drug-likeness (QED) is 0.149. The Morgan fingerprint density at radius 2 is 1.15 bits per heavy atom. The molecule has 0 aliphatic rings. The van der Waals surface area contributed by atoms with Crippen molar-refractivity contribution in [2.75, 3.05) is 0 Å². The van der Waals surface area contributed by atoms with Crippen molar-refractivity contribution in [1.29, 1.82) is 0 Å². The molecule has 1 N–H and O–H groups in total. The van der Waals surface area contributed by atoms with E-state index in [0.717, 1.165) is 38.5 Å². The zero-order chi connectivity index (χ0) is 29.2. The first-order valence-corrected chi connectivity index (χ1v) is 18.5. The van der Waals surface area contributed by atoms with Crippen LogP contribution in [-0.4, -0.2) is 9.97 Å². The maximum atomic E-state index is 11.7. The summed E-state index contributed by atoms with van der Waals surface area (Å²) in [6, 6.07) is 35.7. The molecule has 0 saturated heterocycles. The molecule has 0 saturated carbocycles. The number of H-pyrrole nitrogens is 1. The Bertz CT molecular complexity index is 1770. The van der Waals surface area contributed by atoms with E-state index in [9.17, 15) is 9.36 Å². The molecule has 0 fully saturated rings. The second kappa shape index (κ2) is 15.0. The van der Waals surface area contributed by atoms with Crippen molar-refractivity contribution >= 4 is 73.2 Å². The van der Waals surface area contributed by atoms with E-state index in [1.165, 1.54) is 4.88 Å². The molecule has 0 aliphatic carbocycles. The van der Waals surface area contributed by atoms with Crippen LogP contribution in [0.2, 0.25) is 5.15 Å². The number of benzene rings is 2. The summed E-state index contributed by atoms with van der Waals surface area (Å²) in [6.07, 6.45) is 0. The fraction of sp³-hybridized carbons (Fsp3) is 0. The minimum atomic E-state index is -3.22. The molecule has 11 heteroatoms. The number of nitrogens with zero attached hydrogens (tertiary/aromatic N) is 1. The molecule has 0 atom stereocenters. The van der Waals surface area contributed by atoms with Crippen LogP contribution in [0.1, 0.15) is 0 Å². The molecule has 0 bridgehead atoms. The van der Waals surface area contributed by atoms with Crippen LogP contribution in [0.25, 0.3) is 43.4 Å². The molecule has 0 radical (unpaired) electrons. The van der Waals surface area contributed by atoms with Gasteiger partial charge in [-0.2, -0.15) is 0 Å². The van der Waals surface area contributed by atoms with Crippen LogP contribution in [-0.2, 0) is 4.57 Å². The van der Waals surface area contributed by atoms with Gasteiger partial charge in [0.15, 0.2) is 0 Å². The molecule has 208 valence electrons. The Morgan fingerprint density at radius 3 is 1.66 bits per heavy atom. The standard InChI is InChI=1S/C15H10ClNS.C15H11NOS.Cl3OP/c16-15-10-12(14-7-4-8-18-14)9-13(17-15)11-5-2-1-3-6-11;17-15-10-12(14-7-4-8-18-14)9-13(16-15)11-5-2-1-3-6-11;1-5(2,3)4/h1-10H;1-10H,(H,16,17);. The van der Waals surface area contributed by atoms with E-state index in [1.54, 1.807) is 28.7 Å². The average Bonchev–Trinajstić information content (AvgIpc) is 3.68. The summed E-state index contributed by atoms with van der Waals surface area (Å²) in [5.41, 5.74) is 5.88. The number of thiophene rings is 2. The van der Waals surface area contributed by atoms with Gasteiger partial charge >= 0.3 is 5.20 Å². The lowest BCUT2D eigenvalue weighted by atomic mass is 10.1. The number of pyridine rings is 2. The molecule has 4 heterocycles. The SMILES string of the molecule is Clc1cc(-c2cccs2)cc(-c2ccccc2)n1.O=P(Cl)(Cl)Cl.O=c1cc(-c2cccs2)cc(-c2ccccc2)[nH]1. The van der Waals surface area contributed by atoms with Gasteiger partial charge in [0.05, 0.1) is 5.69 Å². The van der Waals surface area contributed by atoms with E-state index >= 15 is 0 Å². The summed E-state index contributed by atoms with van der Waals surface area (Å²) in [4.78, 5) is 21.3. The molecule has 0 spiro atoms. The fourth-order valence-corrected chi connectivity index (χ4v) is 5.38. The third-order valence-corrected chi connectivity index (χ3v) is 7.44. The van der Waals surface area contributed by atoms with Gasteiger partial charge in [-0.25, -0.2) is 4.98 Å². The summed E-state index contributed by atoms with van der Waals surface area (Å²) in [6.45, 7) is 0. The van der Waals surface area contributed by atoms with E-state index < -0.39 is 5.20 Å². The van der Waals surface area contributed by atoms with Gasteiger partial charge < -0.3 is 4.98 Å². The van der Waals surface area contributed by atoms with Crippen molar-refractivity contribution in [2.45, 2.75) is 0 Å². The van der Waals surface area contributed by atoms with Gasteiger partial charge in [0, 0.05) is 27.1 Å². The first kappa shape index (κ1) is 31.3. The third-order valence-electron chi connectivity index (χ3n) is 5.40. The van der Waals surface area contributed by atoms with Gasteiger partial charge in [0.1, 0.15) is 5.15 Å². The zero-order valence-corrected chi connectivity index (χ0v) is 26.6. The molecule has 0 aliphatic heterocycles. The number of hydrogen-bond acceptors (Lipinski definition) is 5. The maximum Gasteiger partial charge on any atom is 0.339 e. The van der Waals surface area contributed by atoms with Crippen LogP contribution >= 0.6 is 73.2 Å². The second-order valence-electron chi connectivity index (χ2n) is 8.30. The number of hydrogen-bond donors (Lipinski definition) is 1. The van der Waals surface area contributed by atoms with E-state index in [0.29, 0.717) is 5.15 Å². The fourth-order valence-electron chi connectivity index (χ4n) is 3.74. The number of aromatic nitrogens is 2. The lowest BCUT2D eigenvalue weighted by Gasteiger charge is -2.04. The Labute approximate surface area is 264 Å². The number of aromatic amines is 1. The molecule has 4 aromatic heterocycles. The monoisotopic (exact) mass is 676 g/mol. The van der Waals surface area contributed by atoms with Crippen LogP contribution in [0.5, 0.6) is 0 Å². The smallest absolute Gasteiger partial charge is 0.322 e. The highest BCUT2D eigenvalue weighted by atomic mass is 36.0. The van der Waals surface area contributed by atoms with Crippen molar-refractivity contribution < 1.29 is 4.57 Å². The van der Waals surface area contributed by atoms with Crippen LogP contribution in [0.4, 0.5) is 0 Å². The highest BCUT2D eigenvalue weighted by Crippen LogP contribution is 2.61. The van der Waals surface area contributed by atoms with Crippen molar-refractivity contribution in [1.82, 2.24) is 9.97 Å². The minimum absolute atomic E-state index is 0.0697. The predicted molar refractivity (Wildman–Crippen MR) is 179 cm³/mol. The van der Waals surface area contributed by atoms with E-state index in [-0.39, 0.29) is 5.56 Å². The molecule has 6 aromatic rings. The molecule has 0 unspecified atom stereocenters. The number of halogens is 4. The molecule has 2 aromatic carbocycles. The Kier molecular flexibility index (Phi) is 11.4. The summed E-state index contributed by atoms with van der Waals surface area (Å²) in [5.74, 6) is 0. The van der Waals surface area contributed by atoms with Crippen molar-refractivity contribution in [3.63, 3.8) is 0 Å². The van der Waals surface area contributed by atoms with Crippen LogP contribution in [0.15, 0.2) is 125 Å². The van der Waals surface area contributed by atoms with Gasteiger partial charge in [-0.05, 0) is 91.5 Å². The molecule has 6 rings (SSSR count). The molecule has 41 heavy (non-hydrogen) atoms. The van der Waals surface area contributed by atoms with Crippen molar-refractivity contribution in [2.24, 2.45) is 0 Å². The highest BCUT2D eigenvalue weighted by molar-refractivity contribution is 8.24. The summed E-state index contributed by atoms with van der Waals surface area (Å²) >= 11 is 23.3.